The van der Waals surface area contributed by atoms with Gasteiger partial charge in [0.05, 0.1) is 24.1 Å². The first kappa shape index (κ1) is 28.6. The smallest absolute Gasteiger partial charge is 0.254 e. The number of nitrogens with two attached hydrogens (primary N) is 1. The van der Waals surface area contributed by atoms with Gasteiger partial charge in [0.2, 0.25) is 10.0 Å². The Kier molecular flexibility index (Phi) is 6.32. The lowest BCUT2D eigenvalue weighted by Crippen LogP contribution is -2.44. The third-order valence-corrected chi connectivity index (χ3v) is 12.9. The molecule has 5 fully saturated rings. The fourth-order valence-electron chi connectivity index (χ4n) is 8.43. The highest BCUT2D eigenvalue weighted by atomic mass is 32.2. The number of carbonyl (C=O) groups is 1. The number of methoxy groups -OCH3 is 1. The lowest BCUT2D eigenvalue weighted by molar-refractivity contribution is 0.0726. The predicted molar refractivity (Wildman–Crippen MR) is 177 cm³/mol. The summed E-state index contributed by atoms with van der Waals surface area (Å²) in [7, 11) is -1.77. The van der Waals surface area contributed by atoms with Crippen molar-refractivity contribution in [3.8, 4) is 17.3 Å². The van der Waals surface area contributed by atoms with Crippen LogP contribution in [0.15, 0.2) is 30.3 Å². The number of anilines is 1. The van der Waals surface area contributed by atoms with E-state index in [1.807, 2.05) is 36.1 Å². The Morgan fingerprint density at radius 1 is 1.02 bits per heavy atom. The molecule has 2 N–H and O–H groups in total. The van der Waals surface area contributed by atoms with Gasteiger partial charge in [0, 0.05) is 47.7 Å². The number of hydrogen-bond acceptors (Lipinski definition) is 7. The number of nitrogens with zero attached hydrogens (tertiary/aromatic N) is 6. The molecule has 3 aromatic heterocycles. The van der Waals surface area contributed by atoms with Crippen molar-refractivity contribution in [2.45, 2.75) is 101 Å². The third-order valence-electron chi connectivity index (χ3n) is 11.0. The van der Waals surface area contributed by atoms with Crippen molar-refractivity contribution in [2.75, 3.05) is 17.2 Å². The monoisotopic (exact) mass is 643 g/mol. The number of ether oxygens (including phenoxy) is 1. The molecule has 12 heteroatoms. The van der Waals surface area contributed by atoms with Gasteiger partial charge >= 0.3 is 0 Å². The van der Waals surface area contributed by atoms with Crippen LogP contribution in [0.2, 0.25) is 0 Å². The summed E-state index contributed by atoms with van der Waals surface area (Å²) in [5.41, 5.74) is 10.4. The lowest BCUT2D eigenvalue weighted by atomic mass is 9.97. The van der Waals surface area contributed by atoms with Gasteiger partial charge < -0.3 is 24.5 Å². The second kappa shape index (κ2) is 10.2. The van der Waals surface area contributed by atoms with Gasteiger partial charge in [0.1, 0.15) is 22.7 Å². The molecule has 1 aromatic carbocycles. The predicted octanol–water partition coefficient (Wildman–Crippen LogP) is 4.83. The first-order valence-electron chi connectivity index (χ1n) is 16.9. The van der Waals surface area contributed by atoms with Crippen LogP contribution >= 0.6 is 0 Å². The first-order chi connectivity index (χ1) is 22.2. The van der Waals surface area contributed by atoms with Crippen molar-refractivity contribution in [3.05, 3.63) is 35.9 Å². The molecule has 9 rings (SSSR count). The van der Waals surface area contributed by atoms with Crippen molar-refractivity contribution in [1.82, 2.24) is 24.0 Å². The zero-order valence-corrected chi connectivity index (χ0v) is 27.2. The van der Waals surface area contributed by atoms with Crippen LogP contribution in [0.5, 0.6) is 5.75 Å². The van der Waals surface area contributed by atoms with Crippen molar-refractivity contribution in [1.29, 1.82) is 0 Å². The number of sulfonamides is 1. The molecular weight excluding hydrogens is 602 g/mol. The molecule has 3 aliphatic heterocycles. The van der Waals surface area contributed by atoms with Crippen LogP contribution < -0.4 is 14.8 Å². The second-order valence-corrected chi connectivity index (χ2v) is 16.2. The van der Waals surface area contributed by atoms with Crippen molar-refractivity contribution in [2.24, 2.45) is 11.7 Å². The van der Waals surface area contributed by atoms with Gasteiger partial charge in [-0.25, -0.2) is 18.4 Å². The number of pyridine rings is 1. The Morgan fingerprint density at radius 2 is 1.83 bits per heavy atom. The normalized spacial score (nSPS) is 27.3. The van der Waals surface area contributed by atoms with Gasteiger partial charge in [0.25, 0.3) is 5.91 Å². The standard InChI is InChI=1S/C34H41N7O4S/c1-19-4-3-13-46(43,44)41(19)30-12-7-21-15-28(38(32(21)37-30)18-20-5-6-20)33-36-26-14-22(16-29(45-2)31(26)40(33)23-8-9-23)34(42)39-24-10-11-27(39)25(35)17-24/h7,12,14-16,19-20,23-25,27H,3-6,8-11,13,17-18,35H2,1-2H3/t19-,24-,25+,27+/m0/s1. The molecule has 242 valence electrons. The summed E-state index contributed by atoms with van der Waals surface area (Å²) >= 11 is 0. The van der Waals surface area contributed by atoms with E-state index in [1.165, 1.54) is 4.31 Å². The van der Waals surface area contributed by atoms with Crippen LogP contribution in [0.1, 0.15) is 81.1 Å². The molecule has 11 nitrogen and oxygen atoms in total. The van der Waals surface area contributed by atoms with Crippen molar-refractivity contribution >= 4 is 43.8 Å². The van der Waals surface area contributed by atoms with Crippen molar-refractivity contribution < 1.29 is 17.9 Å². The highest BCUT2D eigenvalue weighted by molar-refractivity contribution is 7.92. The van der Waals surface area contributed by atoms with Gasteiger partial charge in [-0.15, -0.1) is 0 Å². The maximum atomic E-state index is 13.9. The largest absolute Gasteiger partial charge is 0.494 e. The molecular formula is C34H41N7O4S. The minimum absolute atomic E-state index is 0.00430. The highest BCUT2D eigenvalue weighted by Crippen LogP contribution is 2.46. The molecule has 4 aromatic rings. The molecule has 2 bridgehead atoms. The molecule has 46 heavy (non-hydrogen) atoms. The number of imidazole rings is 1. The third kappa shape index (κ3) is 4.39. The van der Waals surface area contributed by atoms with Crippen LogP contribution in [0.3, 0.4) is 0 Å². The molecule has 3 saturated heterocycles. The molecule has 0 radical (unpaired) electrons. The molecule has 0 spiro atoms. The molecule has 2 aliphatic carbocycles. The van der Waals surface area contributed by atoms with E-state index in [0.717, 1.165) is 91.5 Å². The number of amides is 1. The van der Waals surface area contributed by atoms with Crippen LogP contribution in [0.25, 0.3) is 33.6 Å². The van der Waals surface area contributed by atoms with E-state index in [9.17, 15) is 13.2 Å². The van der Waals surface area contributed by atoms with E-state index in [4.69, 9.17) is 20.4 Å². The van der Waals surface area contributed by atoms with Crippen molar-refractivity contribution in [3.63, 3.8) is 0 Å². The molecule has 4 atom stereocenters. The number of carbonyl (C=O) groups excluding carboxylic acids is 1. The average Bonchev–Trinajstić information content (AvgIpc) is 3.91. The number of aromatic nitrogens is 4. The maximum absolute atomic E-state index is 13.9. The summed E-state index contributed by atoms with van der Waals surface area (Å²) in [6, 6.07) is 10.3. The SMILES string of the molecule is COc1cc(C(=O)N2[C@H]3CC[C@@H]2[C@H](N)C3)cc2nc(-c3cc4ccc(N5[C@@H](C)CCCS5(=O)=O)nc4n3CC3CC3)n(C3CC3)c12. The topological polar surface area (TPSA) is 129 Å². The van der Waals surface area contributed by atoms with Gasteiger partial charge in [-0.05, 0) is 101 Å². The molecule has 1 amide bonds. The number of benzene rings is 1. The van der Waals surface area contributed by atoms with E-state index in [0.29, 0.717) is 29.5 Å². The quantitative estimate of drug-likeness (QED) is 0.306. The first-order valence-corrected chi connectivity index (χ1v) is 18.5. The van der Waals surface area contributed by atoms with Gasteiger partial charge in [-0.1, -0.05) is 0 Å². The number of hydrogen-bond donors (Lipinski definition) is 1. The Balaban J connectivity index is 1.20. The summed E-state index contributed by atoms with van der Waals surface area (Å²) < 4.78 is 38.3. The number of rotatable bonds is 7. The van der Waals surface area contributed by atoms with Crippen LogP contribution in [0, 0.1) is 5.92 Å². The van der Waals surface area contributed by atoms with E-state index < -0.39 is 10.0 Å². The maximum Gasteiger partial charge on any atom is 0.254 e. The summed E-state index contributed by atoms with van der Waals surface area (Å²) in [5, 5.41) is 0.958. The fraction of sp³-hybridized carbons (Fsp3) is 0.559. The van der Waals surface area contributed by atoms with Gasteiger partial charge in [0.15, 0.2) is 5.82 Å². The fourth-order valence-corrected chi connectivity index (χ4v) is 10.2. The second-order valence-electron chi connectivity index (χ2n) is 14.3. The summed E-state index contributed by atoms with van der Waals surface area (Å²) in [5.74, 6) is 2.67. The Bertz CT molecular complexity index is 2010. The van der Waals surface area contributed by atoms with E-state index in [-0.39, 0.29) is 41.9 Å². The van der Waals surface area contributed by atoms with Crippen LogP contribution in [-0.4, -0.2) is 75.4 Å². The lowest BCUT2D eigenvalue weighted by Gasteiger charge is -2.33. The van der Waals surface area contributed by atoms with E-state index >= 15 is 0 Å². The van der Waals surface area contributed by atoms with E-state index in [2.05, 4.69) is 15.2 Å². The average molecular weight is 644 g/mol. The summed E-state index contributed by atoms with van der Waals surface area (Å²) in [6.45, 7) is 2.76. The van der Waals surface area contributed by atoms with E-state index in [1.54, 1.807) is 7.11 Å². The zero-order valence-electron chi connectivity index (χ0n) is 26.4. The molecule has 6 heterocycles. The number of fused-ring (bicyclic) bond motifs is 4. The Morgan fingerprint density at radius 3 is 2.50 bits per heavy atom. The van der Waals surface area contributed by atoms with Gasteiger partial charge in [-0.3, -0.25) is 9.10 Å². The Hall–Kier alpha value is -3.64. The summed E-state index contributed by atoms with van der Waals surface area (Å²) in [6.07, 6.45) is 8.74. The molecule has 2 saturated carbocycles. The van der Waals surface area contributed by atoms with Gasteiger partial charge in [-0.2, -0.15) is 0 Å². The highest BCUT2D eigenvalue weighted by Gasteiger charge is 2.47. The molecule has 0 unspecified atom stereocenters. The zero-order chi connectivity index (χ0) is 31.5. The minimum Gasteiger partial charge on any atom is -0.494 e. The van der Waals surface area contributed by atoms with Crippen LogP contribution in [0.4, 0.5) is 5.82 Å². The molecule has 5 aliphatic rings. The summed E-state index contributed by atoms with van der Waals surface area (Å²) in [4.78, 5) is 26.2. The minimum atomic E-state index is -3.43. The Labute approximate surface area is 268 Å². The van der Waals surface area contributed by atoms with Crippen LogP contribution in [-0.2, 0) is 16.6 Å².